The van der Waals surface area contributed by atoms with Crippen LogP contribution in [-0.4, -0.2) is 5.78 Å². The minimum absolute atomic E-state index is 0. The average Bonchev–Trinajstić information content (AvgIpc) is 0.811. The van der Waals surface area contributed by atoms with Gasteiger partial charge in [-0.05, 0) is 13.8 Å². The minimum Gasteiger partial charge on any atom is -0.300 e. The molecule has 0 saturated heterocycles. The SMILES string of the molecule is CC(C)=O.[Ar].[He]. The van der Waals surface area contributed by atoms with E-state index in [1.54, 1.807) is 0 Å². The third-order valence-corrected chi connectivity index (χ3v) is 0. The van der Waals surface area contributed by atoms with Gasteiger partial charge in [-0.15, -0.1) is 0 Å². The van der Waals surface area contributed by atoms with Gasteiger partial charge in [0.1, 0.15) is 5.78 Å². The van der Waals surface area contributed by atoms with Gasteiger partial charge in [0.15, 0.2) is 0 Å². The van der Waals surface area contributed by atoms with Crippen LogP contribution in [0.4, 0.5) is 0 Å². The van der Waals surface area contributed by atoms with E-state index in [4.69, 9.17) is 0 Å². The molecule has 0 amide bonds. The smallest absolute Gasteiger partial charge is 0.126 e. The van der Waals surface area contributed by atoms with Crippen LogP contribution in [0, 0.1) is 43.9 Å². The second-order valence-electron chi connectivity index (χ2n) is 0.908. The monoisotopic (exact) mass is 102 g/mol. The fourth-order valence-corrected chi connectivity index (χ4v) is 0. The van der Waals surface area contributed by atoms with Crippen molar-refractivity contribution in [3.63, 3.8) is 0 Å². The van der Waals surface area contributed by atoms with Gasteiger partial charge < -0.3 is 4.79 Å². The van der Waals surface area contributed by atoms with Crippen molar-refractivity contribution in [1.82, 2.24) is 0 Å². The van der Waals surface area contributed by atoms with E-state index in [0.717, 1.165) is 0 Å². The first-order valence-corrected chi connectivity index (χ1v) is 1.20. The Morgan fingerprint density at radius 1 is 1.33 bits per heavy atom. The first kappa shape index (κ1) is 15.8. The van der Waals surface area contributed by atoms with Crippen molar-refractivity contribution in [2.45, 2.75) is 13.8 Å². The largest absolute Gasteiger partial charge is 0.300 e. The number of carbonyl (C=O) groups is 1. The topological polar surface area (TPSA) is 17.1 Å². The van der Waals surface area contributed by atoms with Crippen molar-refractivity contribution in [2.75, 3.05) is 0 Å². The van der Waals surface area contributed by atoms with Gasteiger partial charge in [0.25, 0.3) is 0 Å². The number of rotatable bonds is 0. The molecule has 0 radical (unpaired) electrons. The van der Waals surface area contributed by atoms with Gasteiger partial charge in [-0.1, -0.05) is 0 Å². The van der Waals surface area contributed by atoms with E-state index in [-0.39, 0.29) is 49.7 Å². The summed E-state index contributed by atoms with van der Waals surface area (Å²) in [6, 6.07) is 0. The summed E-state index contributed by atoms with van der Waals surface area (Å²) in [5, 5.41) is 0. The van der Waals surface area contributed by atoms with E-state index < -0.39 is 0 Å². The minimum atomic E-state index is 0. The normalized spacial score (nSPS) is 4.33. The molecule has 0 aliphatic carbocycles. The number of hydrogen-bond donors (Lipinski definition) is 0. The first-order valence-electron chi connectivity index (χ1n) is 1.20. The Hall–Kier alpha value is 0.839. The van der Waals surface area contributed by atoms with Gasteiger partial charge in [-0.3, -0.25) is 0 Å². The van der Waals surface area contributed by atoms with Crippen LogP contribution in [0.25, 0.3) is 0 Å². The van der Waals surface area contributed by atoms with Crippen molar-refractivity contribution in [2.24, 2.45) is 0 Å². The summed E-state index contributed by atoms with van der Waals surface area (Å²) in [7, 11) is 0. The number of carbonyl (C=O) groups excluding carboxylic acids is 1. The van der Waals surface area contributed by atoms with Crippen molar-refractivity contribution < 1.29 is 48.7 Å². The second-order valence-corrected chi connectivity index (χ2v) is 0.908. The van der Waals surface area contributed by atoms with Crippen LogP contribution in [0.3, 0.4) is 0 Å². The van der Waals surface area contributed by atoms with Gasteiger partial charge in [-0.2, -0.15) is 0 Å². The van der Waals surface area contributed by atoms with E-state index in [1.165, 1.54) is 13.8 Å². The molecule has 0 rings (SSSR count). The summed E-state index contributed by atoms with van der Waals surface area (Å²) in [6.07, 6.45) is 0. The van der Waals surface area contributed by atoms with Crippen molar-refractivity contribution in [1.29, 1.82) is 0 Å². The number of Topliss-reactive ketones (excluding diaryl/α,β-unsaturated/α-hetero) is 1. The first-order chi connectivity index (χ1) is 1.73. The molecule has 0 aliphatic rings. The van der Waals surface area contributed by atoms with Gasteiger partial charge in [-0.25, -0.2) is 0 Å². The predicted molar refractivity (Wildman–Crippen MR) is 16.4 cm³/mol. The predicted octanol–water partition coefficient (Wildman–Crippen LogP) is 0.595. The summed E-state index contributed by atoms with van der Waals surface area (Å²) in [4.78, 5) is 9.44. The molecule has 0 aromatic rings. The summed E-state index contributed by atoms with van der Waals surface area (Å²) >= 11 is 0. The molecule has 3 heteroatoms. The van der Waals surface area contributed by atoms with E-state index >= 15 is 0 Å². The third kappa shape index (κ3) is 101. The molecule has 0 heterocycles. The molecule has 0 spiro atoms. The van der Waals surface area contributed by atoms with Crippen LogP contribution >= 0.6 is 0 Å². The fraction of sp³-hybridized carbons (Fsp3) is 0.667. The standard InChI is InChI=1S/C3H6O.Ar.He/c1-3(2)4;;/h1-2H3;;. The Labute approximate surface area is 67.9 Å². The molecule has 1 nitrogen and oxygen atoms in total. The molecule has 0 bridgehead atoms. The van der Waals surface area contributed by atoms with Crippen molar-refractivity contribution in [3.05, 3.63) is 0 Å². The summed E-state index contributed by atoms with van der Waals surface area (Å²) in [5.74, 6) is 0.167. The average molecular weight is 102 g/mol. The van der Waals surface area contributed by atoms with Crippen LogP contribution in [0.5, 0.6) is 0 Å². The molecule has 0 unspecified atom stereocenters. The van der Waals surface area contributed by atoms with E-state index in [0.29, 0.717) is 0 Å². The van der Waals surface area contributed by atoms with Gasteiger partial charge in [0.2, 0.25) is 0 Å². The van der Waals surface area contributed by atoms with Crippen LogP contribution in [0.15, 0.2) is 0 Å². The summed E-state index contributed by atoms with van der Waals surface area (Å²) in [5.41, 5.74) is 0. The maximum Gasteiger partial charge on any atom is 0.126 e. The van der Waals surface area contributed by atoms with Gasteiger partial charge in [0.05, 0.1) is 0 Å². The zero-order valence-corrected chi connectivity index (χ0v) is 4.68. The molecule has 34 valence electrons. The quantitative estimate of drug-likeness (QED) is 0.437. The molecule has 0 fully saturated rings. The Kier molecular flexibility index (Phi) is 24.5. The molecule has 6 heavy (non-hydrogen) atoms. The van der Waals surface area contributed by atoms with Crippen molar-refractivity contribution in [3.8, 4) is 0 Å². The van der Waals surface area contributed by atoms with Crippen LogP contribution < -0.4 is 0 Å². The Morgan fingerprint density at radius 3 is 1.33 bits per heavy atom. The molecule has 0 aromatic carbocycles. The van der Waals surface area contributed by atoms with Crippen LogP contribution in [-0.2, 0) is 4.79 Å². The molecule has 0 N–H and O–H groups in total. The third-order valence-electron chi connectivity index (χ3n) is 0. The van der Waals surface area contributed by atoms with E-state index in [9.17, 15) is 4.79 Å². The van der Waals surface area contributed by atoms with Gasteiger partial charge in [0, 0.05) is 43.9 Å². The Morgan fingerprint density at radius 2 is 1.33 bits per heavy atom. The summed E-state index contributed by atoms with van der Waals surface area (Å²) < 4.78 is 0. The molecule has 0 saturated carbocycles. The molecular formula is C3H6ArHeO. The Balaban J connectivity index is -0.0000000450. The van der Waals surface area contributed by atoms with Crippen LogP contribution in [0.1, 0.15) is 13.8 Å². The Bertz CT molecular complexity index is 33.8. The molecule has 0 atom stereocenters. The molecular weight excluding hydrogens is 96.0 g/mol. The zero-order chi connectivity index (χ0) is 3.58. The zero-order valence-electron chi connectivity index (χ0n) is 3.97. The van der Waals surface area contributed by atoms with E-state index in [1.807, 2.05) is 0 Å². The second kappa shape index (κ2) is 9.28. The van der Waals surface area contributed by atoms with Gasteiger partial charge >= 0.3 is 0 Å². The number of hydrogen-bond acceptors (Lipinski definition) is 1. The van der Waals surface area contributed by atoms with E-state index in [2.05, 4.69) is 0 Å². The summed E-state index contributed by atoms with van der Waals surface area (Å²) in [6.45, 7) is 3.06. The van der Waals surface area contributed by atoms with Crippen molar-refractivity contribution >= 4 is 5.78 Å². The number of ketones is 1. The molecule has 0 aromatic heterocycles. The maximum absolute atomic E-state index is 9.44. The molecule has 0 aliphatic heterocycles. The maximum atomic E-state index is 9.44. The fourth-order valence-electron chi connectivity index (χ4n) is 0. The van der Waals surface area contributed by atoms with Crippen LogP contribution in [0.2, 0.25) is 0 Å².